The van der Waals surface area contributed by atoms with Crippen molar-refractivity contribution in [1.82, 2.24) is 4.72 Å². The zero-order valence-electron chi connectivity index (χ0n) is 11.4. The molecule has 0 atom stereocenters. The SMILES string of the molecule is C/C=C/CCNS(=O)(=O)c1cc(N)c(C)cc1OC. The van der Waals surface area contributed by atoms with E-state index in [9.17, 15) is 8.42 Å². The van der Waals surface area contributed by atoms with Crippen LogP contribution in [0.15, 0.2) is 29.2 Å². The van der Waals surface area contributed by atoms with Gasteiger partial charge in [0.2, 0.25) is 10.0 Å². The summed E-state index contributed by atoms with van der Waals surface area (Å²) in [6.45, 7) is 4.02. The Kier molecular flexibility index (Phi) is 5.38. The van der Waals surface area contributed by atoms with Gasteiger partial charge in [0.05, 0.1) is 7.11 Å². The molecule has 0 spiro atoms. The lowest BCUT2D eigenvalue weighted by atomic mass is 10.2. The van der Waals surface area contributed by atoms with Gasteiger partial charge < -0.3 is 10.5 Å². The number of sulfonamides is 1. The van der Waals surface area contributed by atoms with Crippen LogP contribution in [0.4, 0.5) is 5.69 Å². The molecule has 0 aliphatic carbocycles. The van der Waals surface area contributed by atoms with E-state index in [1.54, 1.807) is 13.0 Å². The van der Waals surface area contributed by atoms with E-state index in [4.69, 9.17) is 10.5 Å². The second-order valence-electron chi connectivity index (χ2n) is 4.12. The van der Waals surface area contributed by atoms with Crippen molar-refractivity contribution >= 4 is 15.7 Å². The number of hydrogen-bond acceptors (Lipinski definition) is 4. The molecule has 0 aliphatic heterocycles. The molecule has 106 valence electrons. The highest BCUT2D eigenvalue weighted by Gasteiger charge is 2.20. The van der Waals surface area contributed by atoms with E-state index in [1.807, 2.05) is 19.1 Å². The van der Waals surface area contributed by atoms with Crippen LogP contribution in [0.2, 0.25) is 0 Å². The summed E-state index contributed by atoms with van der Waals surface area (Å²) in [4.78, 5) is 0.0681. The molecule has 0 bridgehead atoms. The van der Waals surface area contributed by atoms with Crippen LogP contribution in [-0.4, -0.2) is 22.1 Å². The standard InChI is InChI=1S/C13H20N2O3S/c1-4-5-6-7-15-19(16,17)13-9-11(14)10(2)8-12(13)18-3/h4-5,8-9,15H,6-7,14H2,1-3H3/b5-4+. The topological polar surface area (TPSA) is 81.4 Å². The van der Waals surface area contributed by atoms with Crippen molar-refractivity contribution in [2.45, 2.75) is 25.2 Å². The van der Waals surface area contributed by atoms with Crippen LogP contribution in [0.1, 0.15) is 18.9 Å². The Hall–Kier alpha value is -1.53. The molecule has 19 heavy (non-hydrogen) atoms. The van der Waals surface area contributed by atoms with Gasteiger partial charge in [-0.2, -0.15) is 0 Å². The minimum absolute atomic E-state index is 0.0681. The van der Waals surface area contributed by atoms with Crippen molar-refractivity contribution in [2.24, 2.45) is 0 Å². The monoisotopic (exact) mass is 284 g/mol. The van der Waals surface area contributed by atoms with Gasteiger partial charge in [0, 0.05) is 12.2 Å². The molecule has 1 aromatic rings. The predicted molar refractivity (Wildman–Crippen MR) is 76.8 cm³/mol. The molecule has 0 saturated heterocycles. The van der Waals surface area contributed by atoms with E-state index in [-0.39, 0.29) is 4.90 Å². The molecule has 0 fully saturated rings. The van der Waals surface area contributed by atoms with Gasteiger partial charge in [-0.15, -0.1) is 0 Å². The lowest BCUT2D eigenvalue weighted by molar-refractivity contribution is 0.402. The summed E-state index contributed by atoms with van der Waals surface area (Å²) >= 11 is 0. The van der Waals surface area contributed by atoms with Crippen LogP contribution in [-0.2, 0) is 10.0 Å². The van der Waals surface area contributed by atoms with E-state index >= 15 is 0 Å². The van der Waals surface area contributed by atoms with Crippen LogP contribution in [0, 0.1) is 6.92 Å². The fraction of sp³-hybridized carbons (Fsp3) is 0.385. The minimum atomic E-state index is -3.61. The van der Waals surface area contributed by atoms with Crippen molar-refractivity contribution in [3.63, 3.8) is 0 Å². The molecular formula is C13H20N2O3S. The molecular weight excluding hydrogens is 264 g/mol. The predicted octanol–water partition coefficient (Wildman–Crippen LogP) is 1.83. The Morgan fingerprint density at radius 3 is 2.68 bits per heavy atom. The quantitative estimate of drug-likeness (QED) is 0.474. The third-order valence-corrected chi connectivity index (χ3v) is 4.16. The molecule has 0 aromatic heterocycles. The average molecular weight is 284 g/mol. The van der Waals surface area contributed by atoms with Crippen molar-refractivity contribution in [3.05, 3.63) is 29.8 Å². The molecule has 3 N–H and O–H groups in total. The smallest absolute Gasteiger partial charge is 0.244 e. The highest BCUT2D eigenvalue weighted by molar-refractivity contribution is 7.89. The van der Waals surface area contributed by atoms with Gasteiger partial charge in [-0.05, 0) is 38.0 Å². The molecule has 0 aliphatic rings. The number of aryl methyl sites for hydroxylation is 1. The second kappa shape index (κ2) is 6.58. The molecule has 0 saturated carbocycles. The largest absolute Gasteiger partial charge is 0.495 e. The maximum atomic E-state index is 12.2. The van der Waals surface area contributed by atoms with Gasteiger partial charge in [0.15, 0.2) is 0 Å². The first kappa shape index (κ1) is 15.5. The van der Waals surface area contributed by atoms with Gasteiger partial charge in [0.25, 0.3) is 0 Å². The second-order valence-corrected chi connectivity index (χ2v) is 5.85. The molecule has 5 nitrogen and oxygen atoms in total. The Bertz CT molecular complexity index is 565. The zero-order chi connectivity index (χ0) is 14.5. The number of anilines is 1. The summed E-state index contributed by atoms with van der Waals surface area (Å²) in [5.74, 6) is 0.297. The van der Waals surface area contributed by atoms with Crippen molar-refractivity contribution < 1.29 is 13.2 Å². The van der Waals surface area contributed by atoms with Crippen LogP contribution in [0.5, 0.6) is 5.75 Å². The summed E-state index contributed by atoms with van der Waals surface area (Å²) in [6.07, 6.45) is 4.40. The van der Waals surface area contributed by atoms with E-state index in [1.165, 1.54) is 13.2 Å². The van der Waals surface area contributed by atoms with E-state index in [0.29, 0.717) is 24.4 Å². The summed E-state index contributed by atoms with van der Waals surface area (Å²) in [6, 6.07) is 3.04. The fourth-order valence-corrected chi connectivity index (χ4v) is 2.80. The summed E-state index contributed by atoms with van der Waals surface area (Å²) in [5.41, 5.74) is 6.97. The number of ether oxygens (including phenoxy) is 1. The lowest BCUT2D eigenvalue weighted by Gasteiger charge is -2.12. The Balaban J connectivity index is 3.03. The first-order valence-corrected chi connectivity index (χ1v) is 7.45. The minimum Gasteiger partial charge on any atom is -0.495 e. The normalized spacial score (nSPS) is 11.9. The Labute approximate surface area is 114 Å². The third-order valence-electron chi connectivity index (χ3n) is 2.68. The number of rotatable bonds is 6. The van der Waals surface area contributed by atoms with E-state index in [0.717, 1.165) is 5.56 Å². The number of nitrogen functional groups attached to an aromatic ring is 1. The molecule has 6 heteroatoms. The number of nitrogens with one attached hydrogen (secondary N) is 1. The number of methoxy groups -OCH3 is 1. The van der Waals surface area contributed by atoms with Crippen LogP contribution < -0.4 is 15.2 Å². The van der Waals surface area contributed by atoms with Gasteiger partial charge >= 0.3 is 0 Å². The fourth-order valence-electron chi connectivity index (χ4n) is 1.57. The van der Waals surface area contributed by atoms with Crippen LogP contribution in [0.25, 0.3) is 0 Å². The van der Waals surface area contributed by atoms with E-state index < -0.39 is 10.0 Å². The summed E-state index contributed by atoms with van der Waals surface area (Å²) < 4.78 is 32.0. The van der Waals surface area contributed by atoms with Gasteiger partial charge in [-0.3, -0.25) is 0 Å². The highest BCUT2D eigenvalue weighted by Crippen LogP contribution is 2.28. The van der Waals surface area contributed by atoms with Gasteiger partial charge in [-0.1, -0.05) is 12.2 Å². The van der Waals surface area contributed by atoms with E-state index in [2.05, 4.69) is 4.72 Å². The average Bonchev–Trinajstić information content (AvgIpc) is 2.37. The third kappa shape index (κ3) is 3.97. The molecule has 1 aromatic carbocycles. The highest BCUT2D eigenvalue weighted by atomic mass is 32.2. The van der Waals surface area contributed by atoms with Crippen molar-refractivity contribution in [3.8, 4) is 5.75 Å². The van der Waals surface area contributed by atoms with Crippen LogP contribution in [0.3, 0.4) is 0 Å². The van der Waals surface area contributed by atoms with Crippen molar-refractivity contribution in [2.75, 3.05) is 19.4 Å². The number of nitrogens with two attached hydrogens (primary N) is 1. The zero-order valence-corrected chi connectivity index (χ0v) is 12.3. The summed E-state index contributed by atoms with van der Waals surface area (Å²) in [5, 5.41) is 0. The number of allylic oxidation sites excluding steroid dienone is 1. The molecule has 0 radical (unpaired) electrons. The van der Waals surface area contributed by atoms with Crippen LogP contribution >= 0.6 is 0 Å². The maximum absolute atomic E-state index is 12.2. The maximum Gasteiger partial charge on any atom is 0.244 e. The first-order chi connectivity index (χ1) is 8.92. The Morgan fingerprint density at radius 1 is 1.42 bits per heavy atom. The first-order valence-electron chi connectivity index (χ1n) is 5.97. The molecule has 1 rings (SSSR count). The number of hydrogen-bond donors (Lipinski definition) is 2. The molecule has 0 heterocycles. The summed E-state index contributed by atoms with van der Waals surface area (Å²) in [7, 11) is -2.18. The van der Waals surface area contributed by atoms with Crippen molar-refractivity contribution in [1.29, 1.82) is 0 Å². The van der Waals surface area contributed by atoms with Gasteiger partial charge in [-0.25, -0.2) is 13.1 Å². The lowest BCUT2D eigenvalue weighted by Crippen LogP contribution is -2.25. The molecule has 0 unspecified atom stereocenters. The van der Waals surface area contributed by atoms with Gasteiger partial charge in [0.1, 0.15) is 10.6 Å². The molecule has 0 amide bonds. The number of benzene rings is 1. The Morgan fingerprint density at radius 2 is 2.11 bits per heavy atom.